The van der Waals surface area contributed by atoms with Crippen LogP contribution >= 0.6 is 15.9 Å². The Morgan fingerprint density at radius 3 is 1.74 bits per heavy atom. The maximum atomic E-state index is 8.33. The first-order chi connectivity index (χ1) is 7.83. The van der Waals surface area contributed by atoms with Crippen LogP contribution in [0.5, 0.6) is 0 Å². The maximum Gasteiger partial charge on any atom is 0.0739 e. The Morgan fingerprint density at radius 2 is 1.32 bits per heavy atom. The summed E-state index contributed by atoms with van der Waals surface area (Å²) in [7, 11) is 0. The lowest BCUT2D eigenvalue weighted by atomic mass is 10.2. The van der Waals surface area contributed by atoms with Gasteiger partial charge in [0.2, 0.25) is 0 Å². The molecule has 6 N–H and O–H groups in total. The number of hydrogen-bond donors (Lipinski definition) is 3. The Kier molecular flexibility index (Phi) is 61.2. The lowest BCUT2D eigenvalue weighted by Gasteiger charge is -1.93. The standard InChI is InChI=1S/C6H14BrN.C6H15NO.2CH4.BrH/c2*7-5-3-1-2-4-6-8;;;/h1-6,8H2;8H,1-7H2;2*1H4;1H. The molecule has 0 aliphatic heterocycles. The lowest BCUT2D eigenvalue weighted by Crippen LogP contribution is -3.00. The van der Waals surface area contributed by atoms with Crippen LogP contribution in [0, 0.1) is 0 Å². The quantitative estimate of drug-likeness (QED) is 0.349. The van der Waals surface area contributed by atoms with E-state index >= 15 is 0 Å². The number of unbranched alkanes of at least 4 members (excludes halogenated alkanes) is 6. The molecule has 0 fully saturated rings. The second-order valence-corrected chi connectivity index (χ2v) is 4.68. The molecule has 0 radical (unpaired) electrons. The van der Waals surface area contributed by atoms with Crippen LogP contribution in [0.2, 0.25) is 0 Å². The van der Waals surface area contributed by atoms with Crippen molar-refractivity contribution < 1.29 is 27.8 Å². The van der Waals surface area contributed by atoms with E-state index in [0.717, 1.165) is 44.1 Å². The minimum Gasteiger partial charge on any atom is -1.00 e. The number of quaternary nitrogens is 1. The topological polar surface area (TPSA) is 73.9 Å². The van der Waals surface area contributed by atoms with E-state index < -0.39 is 0 Å². The van der Waals surface area contributed by atoms with Gasteiger partial charge in [-0.2, -0.15) is 0 Å². The van der Waals surface area contributed by atoms with Gasteiger partial charge in [-0.1, -0.05) is 50.0 Å². The molecule has 0 heterocycles. The molecule has 0 saturated heterocycles. The molecule has 124 valence electrons. The maximum absolute atomic E-state index is 8.33. The highest BCUT2D eigenvalue weighted by Gasteiger charge is 1.85. The van der Waals surface area contributed by atoms with Gasteiger partial charge in [-0.15, -0.1) is 0 Å². The van der Waals surface area contributed by atoms with E-state index in [1.807, 2.05) is 0 Å². The van der Waals surface area contributed by atoms with Gasteiger partial charge >= 0.3 is 0 Å². The van der Waals surface area contributed by atoms with Crippen molar-refractivity contribution in [2.75, 3.05) is 25.0 Å². The molecule has 0 atom stereocenters. The van der Waals surface area contributed by atoms with Crippen LogP contribution in [0.3, 0.4) is 0 Å². The number of aliphatic hydroxyl groups excluding tert-OH is 1. The van der Waals surface area contributed by atoms with E-state index in [2.05, 4.69) is 21.7 Å². The average Bonchev–Trinajstić information content (AvgIpc) is 2.31. The van der Waals surface area contributed by atoms with Crippen LogP contribution in [0.4, 0.5) is 0 Å². The van der Waals surface area contributed by atoms with Gasteiger partial charge in [-0.3, -0.25) is 0 Å². The molecular weight excluding hydrogens is 372 g/mol. The van der Waals surface area contributed by atoms with Crippen molar-refractivity contribution >= 4 is 15.9 Å². The Balaban J connectivity index is -0.0000000594. The monoisotopic (exact) mass is 408 g/mol. The summed E-state index contributed by atoms with van der Waals surface area (Å²) in [6.07, 6.45) is 9.65. The summed E-state index contributed by atoms with van der Waals surface area (Å²) in [5.74, 6) is 0. The zero-order valence-corrected chi connectivity index (χ0v) is 14.1. The van der Waals surface area contributed by atoms with E-state index in [-0.39, 0.29) is 31.8 Å². The van der Waals surface area contributed by atoms with Gasteiger partial charge in [0.15, 0.2) is 0 Å². The predicted octanol–water partition coefficient (Wildman–Crippen LogP) is -0.0424. The Hall–Kier alpha value is 0.840. The van der Waals surface area contributed by atoms with Gasteiger partial charge in [-0.05, 0) is 38.6 Å². The molecule has 0 spiro atoms. The SMILES string of the molecule is C.C.NCCCCCCO.[Br-].[NH3+]CCCCCCBr. The van der Waals surface area contributed by atoms with Crippen LogP contribution in [-0.4, -0.2) is 30.1 Å². The Labute approximate surface area is 140 Å². The zero-order valence-electron chi connectivity index (χ0n) is 11.0. The lowest BCUT2D eigenvalue weighted by molar-refractivity contribution is -0.368. The van der Waals surface area contributed by atoms with E-state index in [1.165, 1.54) is 25.7 Å². The number of hydrogen-bond acceptors (Lipinski definition) is 2. The van der Waals surface area contributed by atoms with Crippen LogP contribution in [0.15, 0.2) is 0 Å². The van der Waals surface area contributed by atoms with Gasteiger partial charge < -0.3 is 33.6 Å². The number of halogens is 2. The van der Waals surface area contributed by atoms with Gasteiger partial charge in [0, 0.05) is 11.9 Å². The van der Waals surface area contributed by atoms with Gasteiger partial charge in [0.05, 0.1) is 6.54 Å². The van der Waals surface area contributed by atoms with Crippen molar-refractivity contribution in [3.05, 3.63) is 0 Å². The summed E-state index contributed by atoms with van der Waals surface area (Å²) in [6.45, 7) is 2.21. The largest absolute Gasteiger partial charge is 1.00 e. The zero-order chi connectivity index (χ0) is 12.5. The normalized spacial score (nSPS) is 8.21. The van der Waals surface area contributed by atoms with Gasteiger partial charge in [-0.25, -0.2) is 0 Å². The first-order valence-electron chi connectivity index (χ1n) is 6.49. The number of alkyl halides is 1. The van der Waals surface area contributed by atoms with Crippen molar-refractivity contribution in [1.29, 1.82) is 0 Å². The smallest absolute Gasteiger partial charge is 0.0739 e. The minimum absolute atomic E-state index is 0. The second kappa shape index (κ2) is 36.4. The molecule has 19 heavy (non-hydrogen) atoms. The molecule has 5 heteroatoms. The van der Waals surface area contributed by atoms with Gasteiger partial charge in [0.25, 0.3) is 0 Å². The summed E-state index contributed by atoms with van der Waals surface area (Å²) in [5, 5.41) is 9.49. The first-order valence-corrected chi connectivity index (χ1v) is 7.61. The van der Waals surface area contributed by atoms with Crippen LogP contribution < -0.4 is 28.4 Å². The minimum atomic E-state index is 0. The highest BCUT2D eigenvalue weighted by molar-refractivity contribution is 9.09. The predicted molar refractivity (Wildman–Crippen MR) is 88.1 cm³/mol. The molecule has 0 rings (SSSR count). The van der Waals surface area contributed by atoms with Crippen LogP contribution in [-0.2, 0) is 0 Å². The number of nitrogens with two attached hydrogens (primary N) is 1. The molecule has 0 aromatic rings. The van der Waals surface area contributed by atoms with Crippen LogP contribution in [0.25, 0.3) is 0 Å². The van der Waals surface area contributed by atoms with E-state index in [0.29, 0.717) is 6.61 Å². The summed E-state index contributed by atoms with van der Waals surface area (Å²) < 4.78 is 0. The summed E-state index contributed by atoms with van der Waals surface area (Å²) in [5.41, 5.74) is 9.02. The van der Waals surface area contributed by atoms with Crippen molar-refractivity contribution in [2.24, 2.45) is 5.73 Å². The summed E-state index contributed by atoms with van der Waals surface area (Å²) >= 11 is 3.39. The Morgan fingerprint density at radius 1 is 0.842 bits per heavy atom. The fourth-order valence-electron chi connectivity index (χ4n) is 1.23. The van der Waals surface area contributed by atoms with Crippen LogP contribution in [0.1, 0.15) is 66.2 Å². The average molecular weight is 410 g/mol. The van der Waals surface area contributed by atoms with Gasteiger partial charge in [0.1, 0.15) is 0 Å². The number of aliphatic hydroxyl groups is 1. The molecule has 3 nitrogen and oxygen atoms in total. The first kappa shape index (κ1) is 32.0. The summed E-state index contributed by atoms with van der Waals surface area (Å²) in [6, 6.07) is 0. The second-order valence-electron chi connectivity index (χ2n) is 3.88. The highest BCUT2D eigenvalue weighted by atomic mass is 79.9. The van der Waals surface area contributed by atoms with E-state index in [4.69, 9.17) is 10.8 Å². The molecule has 0 aliphatic carbocycles. The molecule has 0 aromatic heterocycles. The van der Waals surface area contributed by atoms with E-state index in [9.17, 15) is 0 Å². The third kappa shape index (κ3) is 45.5. The molecule has 0 amide bonds. The fourth-order valence-corrected chi connectivity index (χ4v) is 1.63. The summed E-state index contributed by atoms with van der Waals surface area (Å²) in [4.78, 5) is 0. The third-order valence-electron chi connectivity index (χ3n) is 2.25. The van der Waals surface area contributed by atoms with Crippen molar-refractivity contribution in [1.82, 2.24) is 0 Å². The van der Waals surface area contributed by atoms with E-state index in [1.54, 1.807) is 0 Å². The Bertz CT molecular complexity index is 85.4. The molecule has 0 saturated carbocycles. The fraction of sp³-hybridized carbons (Fsp3) is 1.00. The van der Waals surface area contributed by atoms with Crippen molar-refractivity contribution in [3.8, 4) is 0 Å². The molecular formula is C14H38Br2N2O. The van der Waals surface area contributed by atoms with Crippen molar-refractivity contribution in [2.45, 2.75) is 66.2 Å². The molecule has 0 aromatic carbocycles. The number of rotatable bonds is 10. The molecule has 0 bridgehead atoms. The molecule has 0 aliphatic rings. The van der Waals surface area contributed by atoms with Crippen molar-refractivity contribution in [3.63, 3.8) is 0 Å². The third-order valence-corrected chi connectivity index (χ3v) is 2.81. The molecule has 0 unspecified atom stereocenters. The highest BCUT2D eigenvalue weighted by Crippen LogP contribution is 1.99.